The third-order valence-corrected chi connectivity index (χ3v) is 4.02. The van der Waals surface area contributed by atoms with Gasteiger partial charge in [-0.3, -0.25) is 4.79 Å². The molecular formula is C13H13ClN2O3S. The first-order valence-electron chi connectivity index (χ1n) is 5.95. The zero-order valence-electron chi connectivity index (χ0n) is 10.7. The molecule has 1 aromatic carbocycles. The van der Waals surface area contributed by atoms with E-state index in [0.29, 0.717) is 28.2 Å². The molecule has 20 heavy (non-hydrogen) atoms. The van der Waals surface area contributed by atoms with Crippen molar-refractivity contribution in [1.82, 2.24) is 10.1 Å². The predicted molar refractivity (Wildman–Crippen MR) is 77.7 cm³/mol. The summed E-state index contributed by atoms with van der Waals surface area (Å²) in [7, 11) is 0. The average molecular weight is 313 g/mol. The van der Waals surface area contributed by atoms with Gasteiger partial charge < -0.3 is 9.63 Å². The molecule has 1 atom stereocenters. The van der Waals surface area contributed by atoms with Gasteiger partial charge in [0.15, 0.2) is 0 Å². The van der Waals surface area contributed by atoms with Crippen molar-refractivity contribution >= 4 is 29.3 Å². The summed E-state index contributed by atoms with van der Waals surface area (Å²) in [6.45, 7) is 1.67. The molecule has 0 amide bonds. The Morgan fingerprint density at radius 2 is 2.15 bits per heavy atom. The summed E-state index contributed by atoms with van der Waals surface area (Å²) in [6.07, 6.45) is 0. The maximum absolute atomic E-state index is 10.7. The molecule has 2 rings (SSSR count). The largest absolute Gasteiger partial charge is 0.481 e. The van der Waals surface area contributed by atoms with Crippen molar-refractivity contribution in [2.24, 2.45) is 5.92 Å². The Bertz CT molecular complexity index is 586. The Labute approximate surface area is 125 Å². The minimum absolute atomic E-state index is 0.390. The minimum atomic E-state index is -0.801. The molecule has 1 aromatic heterocycles. The van der Waals surface area contributed by atoms with Gasteiger partial charge in [-0.2, -0.15) is 16.7 Å². The third-order valence-electron chi connectivity index (χ3n) is 2.59. The van der Waals surface area contributed by atoms with Crippen molar-refractivity contribution in [3.63, 3.8) is 0 Å². The van der Waals surface area contributed by atoms with Crippen LogP contribution in [0.3, 0.4) is 0 Å². The van der Waals surface area contributed by atoms with Gasteiger partial charge in [0.25, 0.3) is 0 Å². The molecule has 106 valence electrons. The molecular weight excluding hydrogens is 300 g/mol. The highest BCUT2D eigenvalue weighted by Gasteiger charge is 2.13. The topological polar surface area (TPSA) is 76.2 Å². The molecule has 1 unspecified atom stereocenters. The van der Waals surface area contributed by atoms with Crippen molar-refractivity contribution in [3.05, 3.63) is 35.2 Å². The van der Waals surface area contributed by atoms with E-state index in [1.54, 1.807) is 19.1 Å². The van der Waals surface area contributed by atoms with E-state index in [4.69, 9.17) is 21.2 Å². The summed E-state index contributed by atoms with van der Waals surface area (Å²) >= 11 is 7.27. The highest BCUT2D eigenvalue weighted by atomic mass is 35.5. The fourth-order valence-electron chi connectivity index (χ4n) is 1.42. The smallest absolute Gasteiger partial charge is 0.307 e. The lowest BCUT2D eigenvalue weighted by Crippen LogP contribution is -2.11. The number of aliphatic carboxylic acids is 1. The molecule has 0 aliphatic carbocycles. The van der Waals surface area contributed by atoms with Gasteiger partial charge in [-0.1, -0.05) is 23.7 Å². The molecule has 0 bridgehead atoms. The van der Waals surface area contributed by atoms with Crippen molar-refractivity contribution < 1.29 is 14.4 Å². The number of hydrogen-bond donors (Lipinski definition) is 1. The summed E-state index contributed by atoms with van der Waals surface area (Å²) in [6, 6.07) is 7.15. The summed E-state index contributed by atoms with van der Waals surface area (Å²) in [4.78, 5) is 14.9. The molecule has 0 radical (unpaired) electrons. The SMILES string of the molecule is CC(CSCc1nc(-c2ccc(Cl)cc2)no1)C(=O)O. The first-order chi connectivity index (χ1) is 9.56. The average Bonchev–Trinajstić information content (AvgIpc) is 2.88. The molecule has 7 heteroatoms. The molecule has 1 heterocycles. The van der Waals surface area contributed by atoms with Crippen LogP contribution in [0.1, 0.15) is 12.8 Å². The Morgan fingerprint density at radius 3 is 2.80 bits per heavy atom. The number of nitrogens with zero attached hydrogens (tertiary/aromatic N) is 2. The molecule has 5 nitrogen and oxygen atoms in total. The summed E-state index contributed by atoms with van der Waals surface area (Å²) in [5, 5.41) is 13.3. The number of carboxylic acid groups (broad SMARTS) is 1. The maximum Gasteiger partial charge on any atom is 0.307 e. The quantitative estimate of drug-likeness (QED) is 0.881. The highest BCUT2D eigenvalue weighted by Crippen LogP contribution is 2.20. The first kappa shape index (κ1) is 14.9. The Morgan fingerprint density at radius 1 is 1.45 bits per heavy atom. The molecule has 1 N–H and O–H groups in total. The predicted octanol–water partition coefficient (Wildman–Crippen LogP) is 3.34. The van der Waals surface area contributed by atoms with E-state index in [-0.39, 0.29) is 0 Å². The van der Waals surface area contributed by atoms with Crippen LogP contribution in [0.2, 0.25) is 5.02 Å². The van der Waals surface area contributed by atoms with E-state index in [0.717, 1.165) is 5.56 Å². The van der Waals surface area contributed by atoms with Crippen LogP contribution in [0.15, 0.2) is 28.8 Å². The van der Waals surface area contributed by atoms with Crippen LogP contribution in [0.25, 0.3) is 11.4 Å². The van der Waals surface area contributed by atoms with Crippen molar-refractivity contribution in [2.75, 3.05) is 5.75 Å². The van der Waals surface area contributed by atoms with Gasteiger partial charge in [-0.25, -0.2) is 0 Å². The molecule has 0 aliphatic rings. The van der Waals surface area contributed by atoms with Crippen molar-refractivity contribution in [1.29, 1.82) is 0 Å². The molecule has 0 saturated carbocycles. The van der Waals surface area contributed by atoms with Gasteiger partial charge in [-0.15, -0.1) is 0 Å². The molecule has 0 spiro atoms. The lowest BCUT2D eigenvalue weighted by atomic mass is 10.2. The van der Waals surface area contributed by atoms with Gasteiger partial charge in [0.1, 0.15) is 0 Å². The zero-order valence-corrected chi connectivity index (χ0v) is 12.3. The Balaban J connectivity index is 1.92. The maximum atomic E-state index is 10.7. The van der Waals surface area contributed by atoms with Crippen LogP contribution in [-0.2, 0) is 10.5 Å². The van der Waals surface area contributed by atoms with Crippen molar-refractivity contribution in [3.8, 4) is 11.4 Å². The lowest BCUT2D eigenvalue weighted by molar-refractivity contribution is -0.140. The number of rotatable bonds is 6. The third kappa shape index (κ3) is 3.98. The fourth-order valence-corrected chi connectivity index (χ4v) is 2.46. The van der Waals surface area contributed by atoms with E-state index in [2.05, 4.69) is 10.1 Å². The number of carbonyl (C=O) groups is 1. The molecule has 0 saturated heterocycles. The molecule has 2 aromatic rings. The number of benzene rings is 1. The normalized spacial score (nSPS) is 12.3. The van der Waals surface area contributed by atoms with Crippen LogP contribution in [0.4, 0.5) is 0 Å². The van der Waals surface area contributed by atoms with E-state index in [1.165, 1.54) is 11.8 Å². The standard InChI is InChI=1S/C13H13ClN2O3S/c1-8(13(17)18)6-20-7-11-15-12(16-19-11)9-2-4-10(14)5-3-9/h2-5,8H,6-7H2,1H3,(H,17,18). The van der Waals surface area contributed by atoms with Crippen molar-refractivity contribution in [2.45, 2.75) is 12.7 Å². The second-order valence-electron chi connectivity index (χ2n) is 4.27. The summed E-state index contributed by atoms with van der Waals surface area (Å²) < 4.78 is 5.13. The van der Waals surface area contributed by atoms with E-state index < -0.39 is 11.9 Å². The van der Waals surface area contributed by atoms with E-state index in [1.807, 2.05) is 12.1 Å². The summed E-state index contributed by atoms with van der Waals surface area (Å²) in [5.74, 6) is 0.802. The van der Waals surface area contributed by atoms with Crippen LogP contribution < -0.4 is 0 Å². The van der Waals surface area contributed by atoms with E-state index in [9.17, 15) is 4.79 Å². The van der Waals surface area contributed by atoms with Crippen LogP contribution in [0.5, 0.6) is 0 Å². The number of carboxylic acids is 1. The Hall–Kier alpha value is -1.53. The van der Waals surface area contributed by atoms with E-state index >= 15 is 0 Å². The second-order valence-corrected chi connectivity index (χ2v) is 5.74. The number of hydrogen-bond acceptors (Lipinski definition) is 5. The fraction of sp³-hybridized carbons (Fsp3) is 0.308. The second kappa shape index (κ2) is 6.76. The first-order valence-corrected chi connectivity index (χ1v) is 7.48. The summed E-state index contributed by atoms with van der Waals surface area (Å²) in [5.41, 5.74) is 0.827. The molecule has 0 aliphatic heterocycles. The van der Waals surface area contributed by atoms with Gasteiger partial charge in [-0.05, 0) is 24.3 Å². The number of halogens is 1. The highest BCUT2D eigenvalue weighted by molar-refractivity contribution is 7.98. The van der Waals surface area contributed by atoms with Crippen LogP contribution in [-0.4, -0.2) is 27.0 Å². The molecule has 0 fully saturated rings. The van der Waals surface area contributed by atoms with Gasteiger partial charge >= 0.3 is 5.97 Å². The van der Waals surface area contributed by atoms with Gasteiger partial charge in [0.2, 0.25) is 11.7 Å². The van der Waals surface area contributed by atoms with Crippen LogP contribution in [0, 0.1) is 5.92 Å². The van der Waals surface area contributed by atoms with Crippen LogP contribution >= 0.6 is 23.4 Å². The zero-order chi connectivity index (χ0) is 14.5. The van der Waals surface area contributed by atoms with Gasteiger partial charge in [0.05, 0.1) is 11.7 Å². The minimum Gasteiger partial charge on any atom is -0.481 e. The lowest BCUT2D eigenvalue weighted by Gasteiger charge is -2.02. The Kier molecular flexibility index (Phi) is 5.03. The van der Waals surface area contributed by atoms with Gasteiger partial charge in [0, 0.05) is 16.3 Å². The number of aromatic nitrogens is 2. The monoisotopic (exact) mass is 312 g/mol. The number of thioether (sulfide) groups is 1.